The summed E-state index contributed by atoms with van der Waals surface area (Å²) in [6.45, 7) is 8.65. The van der Waals surface area contributed by atoms with Crippen LogP contribution < -0.4 is 5.32 Å². The molecule has 7 nitrogen and oxygen atoms in total. The van der Waals surface area contributed by atoms with Crippen LogP contribution >= 0.6 is 11.3 Å². The number of aromatic nitrogens is 2. The van der Waals surface area contributed by atoms with Gasteiger partial charge in [-0.25, -0.2) is 4.98 Å². The minimum atomic E-state index is -0.146. The first-order valence-corrected chi connectivity index (χ1v) is 10.8. The van der Waals surface area contributed by atoms with Gasteiger partial charge in [0.1, 0.15) is 0 Å². The number of aryl methyl sites for hydroxylation is 1. The Balaban J connectivity index is 1.40. The molecule has 0 aromatic carbocycles. The fourth-order valence-corrected chi connectivity index (χ4v) is 4.55. The van der Waals surface area contributed by atoms with E-state index in [0.29, 0.717) is 19.1 Å². The van der Waals surface area contributed by atoms with Crippen molar-refractivity contribution >= 4 is 23.2 Å². The third-order valence-corrected chi connectivity index (χ3v) is 6.48. The van der Waals surface area contributed by atoms with Crippen LogP contribution in [-0.2, 0) is 4.79 Å². The van der Waals surface area contributed by atoms with E-state index in [-0.39, 0.29) is 17.9 Å². The van der Waals surface area contributed by atoms with Crippen molar-refractivity contribution < 1.29 is 9.59 Å². The number of nitrogens with one attached hydrogen (secondary N) is 1. The molecule has 1 saturated carbocycles. The molecule has 1 aliphatic heterocycles. The predicted molar refractivity (Wildman–Crippen MR) is 109 cm³/mol. The molecule has 3 heterocycles. The molecule has 1 N–H and O–H groups in total. The molecule has 0 spiro atoms. The summed E-state index contributed by atoms with van der Waals surface area (Å²) in [5, 5.41) is 5.90. The molecular weight excluding hydrogens is 374 g/mol. The van der Waals surface area contributed by atoms with E-state index in [4.69, 9.17) is 0 Å². The van der Waals surface area contributed by atoms with Gasteiger partial charge in [0, 0.05) is 55.2 Å². The summed E-state index contributed by atoms with van der Waals surface area (Å²) in [5.41, 5.74) is 2.68. The van der Waals surface area contributed by atoms with E-state index in [2.05, 4.69) is 15.2 Å². The van der Waals surface area contributed by atoms with Crippen LogP contribution in [0.5, 0.6) is 0 Å². The maximum Gasteiger partial charge on any atom is 0.255 e. The maximum atomic E-state index is 13.1. The smallest absolute Gasteiger partial charge is 0.255 e. The summed E-state index contributed by atoms with van der Waals surface area (Å²) >= 11 is 1.56. The summed E-state index contributed by atoms with van der Waals surface area (Å²) in [7, 11) is 0. The normalized spacial score (nSPS) is 18.9. The van der Waals surface area contributed by atoms with Crippen molar-refractivity contribution in [3.63, 3.8) is 0 Å². The molecule has 2 aromatic rings. The summed E-state index contributed by atoms with van der Waals surface area (Å²) in [4.78, 5) is 33.8. The Labute approximate surface area is 169 Å². The topological polar surface area (TPSA) is 70.5 Å². The Kier molecular flexibility index (Phi) is 5.25. The Morgan fingerprint density at radius 1 is 1.21 bits per heavy atom. The molecule has 2 amide bonds. The number of amides is 2. The molecule has 4 rings (SSSR count). The standard InChI is InChI=1S/C20H27N5O2S/c1-13-12-17(14(2)25(13)20-21-6-11-28-20)19(27)24-9-7-23(8-10-24)15(3)18(26)22-16-4-5-16/h6,11-12,15-16H,4-5,7-10H2,1-3H3,(H,22,26). The molecule has 28 heavy (non-hydrogen) atoms. The van der Waals surface area contributed by atoms with E-state index < -0.39 is 0 Å². The summed E-state index contributed by atoms with van der Waals surface area (Å²) in [6, 6.07) is 2.19. The van der Waals surface area contributed by atoms with Crippen molar-refractivity contribution in [3.8, 4) is 5.13 Å². The number of carbonyl (C=O) groups is 2. The number of piperazine rings is 1. The maximum absolute atomic E-state index is 13.1. The van der Waals surface area contributed by atoms with Crippen LogP contribution in [0.4, 0.5) is 0 Å². The Hall–Kier alpha value is -2.19. The van der Waals surface area contributed by atoms with Gasteiger partial charge in [0.2, 0.25) is 5.91 Å². The van der Waals surface area contributed by atoms with E-state index in [0.717, 1.165) is 48.0 Å². The van der Waals surface area contributed by atoms with E-state index in [1.165, 1.54) is 0 Å². The van der Waals surface area contributed by atoms with E-state index in [9.17, 15) is 9.59 Å². The molecule has 150 valence electrons. The predicted octanol–water partition coefficient (Wildman–Crippen LogP) is 1.98. The summed E-state index contributed by atoms with van der Waals surface area (Å²) in [6.07, 6.45) is 3.97. The highest BCUT2D eigenvalue weighted by molar-refractivity contribution is 7.12. The first-order chi connectivity index (χ1) is 13.5. The minimum absolute atomic E-state index is 0.0608. The molecule has 1 saturated heterocycles. The van der Waals surface area contributed by atoms with E-state index >= 15 is 0 Å². The van der Waals surface area contributed by atoms with Crippen LogP contribution in [-0.4, -0.2) is 69.4 Å². The largest absolute Gasteiger partial charge is 0.352 e. The summed E-state index contributed by atoms with van der Waals surface area (Å²) in [5.74, 6) is 0.167. The van der Waals surface area contributed by atoms with Crippen LogP contribution in [0, 0.1) is 13.8 Å². The monoisotopic (exact) mass is 401 g/mol. The Bertz CT molecular complexity index is 864. The molecule has 8 heteroatoms. The first kappa shape index (κ1) is 19.1. The van der Waals surface area contributed by atoms with Gasteiger partial charge < -0.3 is 10.2 Å². The van der Waals surface area contributed by atoms with Gasteiger partial charge in [-0.3, -0.25) is 19.1 Å². The SMILES string of the molecule is Cc1cc(C(=O)N2CCN(C(C)C(=O)NC3CC3)CC2)c(C)n1-c1nccs1. The fourth-order valence-electron chi connectivity index (χ4n) is 3.80. The number of hydrogen-bond donors (Lipinski definition) is 1. The van der Waals surface area contributed by atoms with Crippen LogP contribution in [0.2, 0.25) is 0 Å². The number of hydrogen-bond acceptors (Lipinski definition) is 5. The van der Waals surface area contributed by atoms with Crippen LogP contribution in [0.1, 0.15) is 41.5 Å². The highest BCUT2D eigenvalue weighted by Gasteiger charge is 2.31. The molecule has 2 aromatic heterocycles. The van der Waals surface area contributed by atoms with Gasteiger partial charge in [0.15, 0.2) is 5.13 Å². The van der Waals surface area contributed by atoms with Gasteiger partial charge in [-0.1, -0.05) is 0 Å². The van der Waals surface area contributed by atoms with Gasteiger partial charge in [0.05, 0.1) is 11.6 Å². The fraction of sp³-hybridized carbons (Fsp3) is 0.550. The molecule has 2 fully saturated rings. The Morgan fingerprint density at radius 2 is 1.93 bits per heavy atom. The van der Waals surface area contributed by atoms with Crippen molar-refractivity contribution in [2.24, 2.45) is 0 Å². The molecule has 2 aliphatic rings. The minimum Gasteiger partial charge on any atom is -0.352 e. The average Bonchev–Trinajstić information content (AvgIpc) is 3.24. The van der Waals surface area contributed by atoms with Crippen molar-refractivity contribution in [2.45, 2.75) is 45.7 Å². The van der Waals surface area contributed by atoms with Crippen molar-refractivity contribution in [3.05, 3.63) is 34.6 Å². The zero-order valence-electron chi connectivity index (χ0n) is 16.6. The molecular formula is C20H27N5O2S. The second-order valence-corrected chi connectivity index (χ2v) is 8.59. The van der Waals surface area contributed by atoms with E-state index in [1.807, 2.05) is 41.7 Å². The van der Waals surface area contributed by atoms with Gasteiger partial charge >= 0.3 is 0 Å². The molecule has 1 aliphatic carbocycles. The van der Waals surface area contributed by atoms with Gasteiger partial charge in [0.25, 0.3) is 5.91 Å². The van der Waals surface area contributed by atoms with Gasteiger partial charge in [-0.05, 0) is 39.7 Å². The van der Waals surface area contributed by atoms with Crippen molar-refractivity contribution in [1.29, 1.82) is 0 Å². The first-order valence-electron chi connectivity index (χ1n) is 9.88. The lowest BCUT2D eigenvalue weighted by Gasteiger charge is -2.37. The third-order valence-electron chi connectivity index (χ3n) is 5.72. The third kappa shape index (κ3) is 3.71. The summed E-state index contributed by atoms with van der Waals surface area (Å²) < 4.78 is 2.04. The second kappa shape index (κ2) is 7.67. The quantitative estimate of drug-likeness (QED) is 0.832. The van der Waals surface area contributed by atoms with Crippen LogP contribution in [0.3, 0.4) is 0 Å². The zero-order chi connectivity index (χ0) is 19.8. The Morgan fingerprint density at radius 3 is 2.54 bits per heavy atom. The van der Waals surface area contributed by atoms with Gasteiger partial charge in [-0.15, -0.1) is 11.3 Å². The highest BCUT2D eigenvalue weighted by Crippen LogP contribution is 2.24. The lowest BCUT2D eigenvalue weighted by Crippen LogP contribution is -2.55. The number of thiazole rings is 1. The van der Waals surface area contributed by atoms with Gasteiger partial charge in [-0.2, -0.15) is 0 Å². The molecule has 1 atom stereocenters. The van der Waals surface area contributed by atoms with E-state index in [1.54, 1.807) is 17.5 Å². The average molecular weight is 402 g/mol. The molecule has 0 bridgehead atoms. The lowest BCUT2D eigenvalue weighted by molar-refractivity contribution is -0.126. The van der Waals surface area contributed by atoms with Crippen molar-refractivity contribution in [2.75, 3.05) is 26.2 Å². The molecule has 1 unspecified atom stereocenters. The number of rotatable bonds is 5. The number of nitrogens with zero attached hydrogens (tertiary/aromatic N) is 4. The highest BCUT2D eigenvalue weighted by atomic mass is 32.1. The second-order valence-electron chi connectivity index (χ2n) is 7.72. The van der Waals surface area contributed by atoms with Crippen LogP contribution in [0.25, 0.3) is 5.13 Å². The van der Waals surface area contributed by atoms with Crippen molar-refractivity contribution in [1.82, 2.24) is 24.7 Å². The van der Waals surface area contributed by atoms with Crippen LogP contribution in [0.15, 0.2) is 17.6 Å². The molecule has 0 radical (unpaired) electrons. The lowest BCUT2D eigenvalue weighted by atomic mass is 10.1. The number of carbonyl (C=O) groups excluding carboxylic acids is 2. The zero-order valence-corrected chi connectivity index (χ0v) is 17.5.